The lowest BCUT2D eigenvalue weighted by Gasteiger charge is -2.32. The fourth-order valence-electron chi connectivity index (χ4n) is 3.99. The number of rotatable bonds is 3. The summed E-state index contributed by atoms with van der Waals surface area (Å²) in [5.74, 6) is 2.26. The third-order valence-electron chi connectivity index (χ3n) is 5.37. The van der Waals surface area contributed by atoms with Crippen molar-refractivity contribution in [2.24, 2.45) is 5.92 Å². The summed E-state index contributed by atoms with van der Waals surface area (Å²) in [6, 6.07) is 0.589. The van der Waals surface area contributed by atoms with Crippen LogP contribution in [0.2, 0.25) is 0 Å². The summed E-state index contributed by atoms with van der Waals surface area (Å²) in [6.45, 7) is 2.60. The van der Waals surface area contributed by atoms with Crippen LogP contribution in [0.5, 0.6) is 0 Å². The number of imidazole rings is 1. The van der Waals surface area contributed by atoms with Gasteiger partial charge >= 0.3 is 0 Å². The molecular formula is C16H25N3. The topological polar surface area (TPSA) is 31.9 Å². The van der Waals surface area contributed by atoms with Gasteiger partial charge in [-0.05, 0) is 63.8 Å². The van der Waals surface area contributed by atoms with Crippen LogP contribution in [-0.2, 0) is 12.8 Å². The summed E-state index contributed by atoms with van der Waals surface area (Å²) in [5.41, 5.74) is 2.81. The molecule has 1 saturated heterocycles. The highest BCUT2D eigenvalue weighted by Gasteiger charge is 2.32. The monoisotopic (exact) mass is 259 g/mol. The van der Waals surface area contributed by atoms with Crippen molar-refractivity contribution in [2.75, 3.05) is 13.1 Å². The molecule has 2 fully saturated rings. The lowest BCUT2D eigenvalue weighted by molar-refractivity contribution is 0.163. The standard InChI is InChI=1S/C16H25N3/c1-2-8-14-13(7-1)17-16(18-14)15-9-4-10-19(15)11-12-5-3-6-12/h12,15H,1-11H2,(H,17,18)/t15-/m0/s1. The summed E-state index contributed by atoms with van der Waals surface area (Å²) in [7, 11) is 0. The molecule has 1 aromatic rings. The van der Waals surface area contributed by atoms with E-state index in [0.717, 1.165) is 5.92 Å². The first-order valence-electron chi connectivity index (χ1n) is 8.22. The molecule has 1 aromatic heterocycles. The third-order valence-corrected chi connectivity index (χ3v) is 5.37. The van der Waals surface area contributed by atoms with E-state index in [1.54, 1.807) is 0 Å². The molecule has 1 N–H and O–H groups in total. The zero-order valence-electron chi connectivity index (χ0n) is 11.8. The van der Waals surface area contributed by atoms with Crippen LogP contribution in [0.4, 0.5) is 0 Å². The second-order valence-electron chi connectivity index (χ2n) is 6.70. The van der Waals surface area contributed by atoms with Gasteiger partial charge in [-0.1, -0.05) is 6.42 Å². The number of aromatic amines is 1. The number of nitrogens with one attached hydrogen (secondary N) is 1. The zero-order valence-corrected chi connectivity index (χ0v) is 11.8. The van der Waals surface area contributed by atoms with Crippen LogP contribution in [0, 0.1) is 5.92 Å². The molecule has 3 heteroatoms. The van der Waals surface area contributed by atoms with E-state index in [1.165, 1.54) is 88.1 Å². The molecule has 3 nitrogen and oxygen atoms in total. The van der Waals surface area contributed by atoms with Crippen LogP contribution in [0.3, 0.4) is 0 Å². The lowest BCUT2D eigenvalue weighted by Crippen LogP contribution is -2.32. The van der Waals surface area contributed by atoms with Gasteiger partial charge in [-0.3, -0.25) is 4.90 Å². The second-order valence-corrected chi connectivity index (χ2v) is 6.70. The number of nitrogens with zero attached hydrogens (tertiary/aromatic N) is 2. The van der Waals surface area contributed by atoms with Crippen molar-refractivity contribution < 1.29 is 0 Å². The van der Waals surface area contributed by atoms with Crippen molar-refractivity contribution in [1.82, 2.24) is 14.9 Å². The Kier molecular flexibility index (Phi) is 3.10. The van der Waals surface area contributed by atoms with E-state index in [1.807, 2.05) is 0 Å². The van der Waals surface area contributed by atoms with E-state index >= 15 is 0 Å². The maximum absolute atomic E-state index is 4.94. The Morgan fingerprint density at radius 1 is 1.05 bits per heavy atom. The Hall–Kier alpha value is -0.830. The fraction of sp³-hybridized carbons (Fsp3) is 0.812. The minimum absolute atomic E-state index is 0.589. The van der Waals surface area contributed by atoms with E-state index < -0.39 is 0 Å². The molecular weight excluding hydrogens is 234 g/mol. The van der Waals surface area contributed by atoms with Gasteiger partial charge < -0.3 is 4.98 Å². The molecule has 0 radical (unpaired) electrons. The molecule has 2 heterocycles. The molecule has 4 rings (SSSR count). The molecule has 0 amide bonds. The molecule has 1 saturated carbocycles. The quantitative estimate of drug-likeness (QED) is 0.903. The van der Waals surface area contributed by atoms with Gasteiger partial charge in [0, 0.05) is 12.2 Å². The molecule has 0 spiro atoms. The molecule has 1 aliphatic heterocycles. The van der Waals surface area contributed by atoms with E-state index in [-0.39, 0.29) is 0 Å². The van der Waals surface area contributed by atoms with Crippen molar-refractivity contribution in [2.45, 2.75) is 63.8 Å². The predicted molar refractivity (Wildman–Crippen MR) is 76.1 cm³/mol. The Morgan fingerprint density at radius 3 is 2.74 bits per heavy atom. The summed E-state index contributed by atoms with van der Waals surface area (Å²) >= 11 is 0. The van der Waals surface area contributed by atoms with Crippen LogP contribution in [0.1, 0.15) is 68.2 Å². The largest absolute Gasteiger partial charge is 0.344 e. The first-order valence-corrected chi connectivity index (χ1v) is 8.22. The van der Waals surface area contributed by atoms with Crippen molar-refractivity contribution >= 4 is 0 Å². The maximum Gasteiger partial charge on any atom is 0.124 e. The van der Waals surface area contributed by atoms with Crippen LogP contribution in [0.25, 0.3) is 0 Å². The van der Waals surface area contributed by atoms with Crippen molar-refractivity contribution in [3.05, 3.63) is 17.2 Å². The van der Waals surface area contributed by atoms with Crippen LogP contribution < -0.4 is 0 Å². The number of likely N-dealkylation sites (tertiary alicyclic amines) is 1. The lowest BCUT2D eigenvalue weighted by atomic mass is 9.85. The molecule has 3 aliphatic rings. The summed E-state index contributed by atoms with van der Waals surface area (Å²) in [6.07, 6.45) is 12.1. The molecule has 1 atom stereocenters. The second kappa shape index (κ2) is 4.93. The number of fused-ring (bicyclic) bond motifs is 1. The number of hydrogen-bond donors (Lipinski definition) is 1. The highest BCUT2D eigenvalue weighted by Crippen LogP contribution is 2.36. The minimum Gasteiger partial charge on any atom is -0.344 e. The normalized spacial score (nSPS) is 28.3. The smallest absolute Gasteiger partial charge is 0.124 e. The average molecular weight is 259 g/mol. The van der Waals surface area contributed by atoms with Crippen LogP contribution in [0.15, 0.2) is 0 Å². The SMILES string of the molecule is C1CCc2[nH]c([C@@H]3CCCN3CC3CCC3)nc2C1. The Morgan fingerprint density at radius 2 is 1.95 bits per heavy atom. The van der Waals surface area contributed by atoms with Crippen LogP contribution >= 0.6 is 0 Å². The Balaban J connectivity index is 1.51. The van der Waals surface area contributed by atoms with E-state index in [2.05, 4.69) is 9.88 Å². The minimum atomic E-state index is 0.589. The van der Waals surface area contributed by atoms with Gasteiger partial charge in [0.05, 0.1) is 11.7 Å². The van der Waals surface area contributed by atoms with Gasteiger partial charge in [-0.25, -0.2) is 4.98 Å². The number of H-pyrrole nitrogens is 1. The predicted octanol–water partition coefficient (Wildman–Crippen LogP) is 3.23. The first-order chi connectivity index (χ1) is 9.40. The maximum atomic E-state index is 4.94. The number of aromatic nitrogens is 2. The fourth-order valence-corrected chi connectivity index (χ4v) is 3.99. The van der Waals surface area contributed by atoms with Gasteiger partial charge in [0.1, 0.15) is 5.82 Å². The molecule has 104 valence electrons. The molecule has 2 aliphatic carbocycles. The third kappa shape index (κ3) is 2.22. The van der Waals surface area contributed by atoms with Gasteiger partial charge in [-0.15, -0.1) is 0 Å². The Bertz CT molecular complexity index is 423. The summed E-state index contributed by atoms with van der Waals surface area (Å²) in [5, 5.41) is 0. The van der Waals surface area contributed by atoms with Crippen molar-refractivity contribution in [3.8, 4) is 0 Å². The van der Waals surface area contributed by atoms with Gasteiger partial charge in [0.15, 0.2) is 0 Å². The number of hydrogen-bond acceptors (Lipinski definition) is 2. The van der Waals surface area contributed by atoms with Gasteiger partial charge in [0.2, 0.25) is 0 Å². The van der Waals surface area contributed by atoms with Gasteiger partial charge in [0.25, 0.3) is 0 Å². The molecule has 0 unspecified atom stereocenters. The highest BCUT2D eigenvalue weighted by atomic mass is 15.2. The van der Waals surface area contributed by atoms with Gasteiger partial charge in [-0.2, -0.15) is 0 Å². The summed E-state index contributed by atoms with van der Waals surface area (Å²) in [4.78, 5) is 11.3. The number of aryl methyl sites for hydroxylation is 2. The van der Waals surface area contributed by atoms with Crippen molar-refractivity contribution in [1.29, 1.82) is 0 Å². The van der Waals surface area contributed by atoms with E-state index in [0.29, 0.717) is 6.04 Å². The average Bonchev–Trinajstić information content (AvgIpc) is 2.99. The highest BCUT2D eigenvalue weighted by molar-refractivity contribution is 5.19. The zero-order chi connectivity index (χ0) is 12.7. The molecule has 0 bridgehead atoms. The Labute approximate surface area is 115 Å². The molecule has 0 aromatic carbocycles. The van der Waals surface area contributed by atoms with E-state index in [9.17, 15) is 0 Å². The van der Waals surface area contributed by atoms with Crippen LogP contribution in [-0.4, -0.2) is 28.0 Å². The first kappa shape index (κ1) is 12.0. The molecule has 19 heavy (non-hydrogen) atoms. The summed E-state index contributed by atoms with van der Waals surface area (Å²) < 4.78 is 0. The van der Waals surface area contributed by atoms with Crippen molar-refractivity contribution in [3.63, 3.8) is 0 Å². The van der Waals surface area contributed by atoms with E-state index in [4.69, 9.17) is 4.98 Å².